The molecule has 2 aromatic rings. The number of aromatic nitrogens is 1. The topological polar surface area (TPSA) is 59.1 Å². The quantitative estimate of drug-likeness (QED) is 0.832. The van der Waals surface area contributed by atoms with Crippen LogP contribution in [0.5, 0.6) is 0 Å². The van der Waals surface area contributed by atoms with Crippen molar-refractivity contribution in [3.63, 3.8) is 0 Å². The van der Waals surface area contributed by atoms with Gasteiger partial charge in [0, 0.05) is 16.7 Å². The zero-order chi connectivity index (χ0) is 14.8. The number of sulfonamides is 1. The van der Waals surface area contributed by atoms with Gasteiger partial charge in [-0.3, -0.25) is 0 Å². The molecule has 0 fully saturated rings. The first-order valence-corrected chi connectivity index (χ1v) is 8.43. The van der Waals surface area contributed by atoms with Crippen LogP contribution in [0.15, 0.2) is 52.0 Å². The predicted octanol–water partition coefficient (Wildman–Crippen LogP) is 3.54. The molecule has 1 N–H and O–H groups in total. The van der Waals surface area contributed by atoms with Gasteiger partial charge in [0.15, 0.2) is 0 Å². The highest BCUT2D eigenvalue weighted by molar-refractivity contribution is 9.10. The molecule has 1 heterocycles. The summed E-state index contributed by atoms with van der Waals surface area (Å²) in [6, 6.07) is 9.97. The second kappa shape index (κ2) is 6.22. The lowest BCUT2D eigenvalue weighted by atomic mass is 10.1. The molecule has 0 radical (unpaired) electrons. The number of hydrogen-bond donors (Lipinski definition) is 1. The van der Waals surface area contributed by atoms with E-state index in [0.29, 0.717) is 0 Å². The summed E-state index contributed by atoms with van der Waals surface area (Å²) in [6.45, 7) is 1.78. The summed E-state index contributed by atoms with van der Waals surface area (Å²) in [4.78, 5) is 3.87. The molecule has 1 aromatic carbocycles. The SMILES string of the molecule is CC(NS(=O)(=O)c1ccc(Cl)nc1)c1ccc(Br)cc1. The minimum absolute atomic E-state index is 0.0888. The smallest absolute Gasteiger partial charge is 0.242 e. The Labute approximate surface area is 131 Å². The van der Waals surface area contributed by atoms with Gasteiger partial charge in [0.1, 0.15) is 10.0 Å². The largest absolute Gasteiger partial charge is 0.243 e. The number of halogens is 2. The summed E-state index contributed by atoms with van der Waals surface area (Å²) in [5.41, 5.74) is 0.874. The van der Waals surface area contributed by atoms with E-state index in [1.165, 1.54) is 18.3 Å². The molecule has 1 aromatic heterocycles. The minimum atomic E-state index is -3.62. The van der Waals surface area contributed by atoms with Gasteiger partial charge >= 0.3 is 0 Å². The lowest BCUT2D eigenvalue weighted by Crippen LogP contribution is -2.26. The number of benzene rings is 1. The Hall–Kier alpha value is -0.950. The maximum absolute atomic E-state index is 12.2. The van der Waals surface area contributed by atoms with E-state index in [9.17, 15) is 8.42 Å². The molecule has 1 atom stereocenters. The second-order valence-corrected chi connectivity index (χ2v) is 7.23. The van der Waals surface area contributed by atoms with Gasteiger partial charge in [-0.25, -0.2) is 18.1 Å². The summed E-state index contributed by atoms with van der Waals surface area (Å²) in [5.74, 6) is 0. The van der Waals surface area contributed by atoms with Gasteiger partial charge in [-0.2, -0.15) is 0 Å². The molecule has 0 bridgehead atoms. The maximum Gasteiger partial charge on any atom is 0.242 e. The first-order chi connectivity index (χ1) is 9.38. The van der Waals surface area contributed by atoms with Crippen molar-refractivity contribution in [1.82, 2.24) is 9.71 Å². The van der Waals surface area contributed by atoms with E-state index in [2.05, 4.69) is 25.6 Å². The van der Waals surface area contributed by atoms with E-state index < -0.39 is 10.0 Å². The fourth-order valence-electron chi connectivity index (χ4n) is 1.64. The molecule has 0 amide bonds. The van der Waals surface area contributed by atoms with E-state index in [-0.39, 0.29) is 16.1 Å². The first kappa shape index (κ1) is 15.4. The van der Waals surface area contributed by atoms with Crippen molar-refractivity contribution in [3.05, 3.63) is 57.8 Å². The number of hydrogen-bond acceptors (Lipinski definition) is 3. The van der Waals surface area contributed by atoms with Gasteiger partial charge in [0.05, 0.1) is 0 Å². The van der Waals surface area contributed by atoms with Gasteiger partial charge in [-0.05, 0) is 36.8 Å². The number of nitrogens with zero attached hydrogens (tertiary/aromatic N) is 1. The van der Waals surface area contributed by atoms with Crippen LogP contribution in [-0.2, 0) is 10.0 Å². The molecule has 1 unspecified atom stereocenters. The van der Waals surface area contributed by atoms with Crippen LogP contribution < -0.4 is 4.72 Å². The highest BCUT2D eigenvalue weighted by atomic mass is 79.9. The van der Waals surface area contributed by atoms with Gasteiger partial charge in [-0.1, -0.05) is 39.7 Å². The van der Waals surface area contributed by atoms with E-state index >= 15 is 0 Å². The van der Waals surface area contributed by atoms with Crippen molar-refractivity contribution in [2.45, 2.75) is 17.9 Å². The first-order valence-electron chi connectivity index (χ1n) is 5.78. The molecule has 4 nitrogen and oxygen atoms in total. The van der Waals surface area contributed by atoms with Gasteiger partial charge in [-0.15, -0.1) is 0 Å². The molecule has 0 saturated carbocycles. The lowest BCUT2D eigenvalue weighted by molar-refractivity contribution is 0.566. The predicted molar refractivity (Wildman–Crippen MR) is 82.1 cm³/mol. The average Bonchev–Trinajstić information content (AvgIpc) is 2.39. The van der Waals surface area contributed by atoms with Crippen molar-refractivity contribution in [3.8, 4) is 0 Å². The van der Waals surface area contributed by atoms with Crippen LogP contribution in [0.1, 0.15) is 18.5 Å². The molecule has 7 heteroatoms. The minimum Gasteiger partial charge on any atom is -0.243 e. The third-order valence-electron chi connectivity index (χ3n) is 2.71. The number of pyridine rings is 1. The van der Waals surface area contributed by atoms with E-state index in [1.807, 2.05) is 24.3 Å². The Morgan fingerprint density at radius 3 is 2.40 bits per heavy atom. The monoisotopic (exact) mass is 374 g/mol. The Bertz CT molecular complexity index is 687. The molecule has 106 valence electrons. The Morgan fingerprint density at radius 2 is 1.85 bits per heavy atom. The van der Waals surface area contributed by atoms with Crippen molar-refractivity contribution < 1.29 is 8.42 Å². The third-order valence-corrected chi connectivity index (χ3v) is 4.99. The molecule has 2 rings (SSSR count). The van der Waals surface area contributed by atoms with E-state index in [1.54, 1.807) is 6.92 Å². The van der Waals surface area contributed by atoms with Crippen LogP contribution >= 0.6 is 27.5 Å². The standard InChI is InChI=1S/C13H12BrClN2O2S/c1-9(10-2-4-11(14)5-3-10)17-20(18,19)12-6-7-13(15)16-8-12/h2-9,17H,1H3. The van der Waals surface area contributed by atoms with Crippen LogP contribution in [0.2, 0.25) is 5.15 Å². The fourth-order valence-corrected chi connectivity index (χ4v) is 3.19. The van der Waals surface area contributed by atoms with Crippen molar-refractivity contribution in [2.24, 2.45) is 0 Å². The Morgan fingerprint density at radius 1 is 1.20 bits per heavy atom. The summed E-state index contributed by atoms with van der Waals surface area (Å²) in [7, 11) is -3.62. The van der Waals surface area contributed by atoms with Crippen molar-refractivity contribution >= 4 is 37.6 Å². The zero-order valence-electron chi connectivity index (χ0n) is 10.5. The summed E-state index contributed by atoms with van der Waals surface area (Å²) >= 11 is 8.99. The zero-order valence-corrected chi connectivity index (χ0v) is 13.7. The number of nitrogens with one attached hydrogen (secondary N) is 1. The molecular weight excluding hydrogens is 364 g/mol. The number of rotatable bonds is 4. The Balaban J connectivity index is 2.19. The molecule has 20 heavy (non-hydrogen) atoms. The van der Waals surface area contributed by atoms with Crippen LogP contribution in [0, 0.1) is 0 Å². The van der Waals surface area contributed by atoms with Gasteiger partial charge in [0.25, 0.3) is 0 Å². The van der Waals surface area contributed by atoms with Crippen molar-refractivity contribution in [1.29, 1.82) is 0 Å². The summed E-state index contributed by atoms with van der Waals surface area (Å²) in [6.07, 6.45) is 1.24. The molecule has 0 aliphatic carbocycles. The highest BCUT2D eigenvalue weighted by Gasteiger charge is 2.18. The van der Waals surface area contributed by atoms with Gasteiger partial charge in [0.2, 0.25) is 10.0 Å². The van der Waals surface area contributed by atoms with Crippen LogP contribution in [-0.4, -0.2) is 13.4 Å². The lowest BCUT2D eigenvalue weighted by Gasteiger charge is -2.14. The van der Waals surface area contributed by atoms with Crippen LogP contribution in [0.3, 0.4) is 0 Å². The van der Waals surface area contributed by atoms with E-state index in [4.69, 9.17) is 11.6 Å². The third kappa shape index (κ3) is 3.79. The Kier molecular flexibility index (Phi) is 4.80. The van der Waals surface area contributed by atoms with E-state index in [0.717, 1.165) is 10.0 Å². The maximum atomic E-state index is 12.2. The fraction of sp³-hybridized carbons (Fsp3) is 0.154. The second-order valence-electron chi connectivity index (χ2n) is 4.21. The van der Waals surface area contributed by atoms with Crippen LogP contribution in [0.25, 0.3) is 0 Å². The van der Waals surface area contributed by atoms with Crippen LogP contribution in [0.4, 0.5) is 0 Å². The average molecular weight is 376 g/mol. The summed E-state index contributed by atoms with van der Waals surface area (Å²) in [5, 5.41) is 0.255. The normalized spacial score (nSPS) is 13.2. The molecule has 0 aliphatic rings. The summed E-state index contributed by atoms with van der Waals surface area (Å²) < 4.78 is 27.9. The molecule has 0 saturated heterocycles. The van der Waals surface area contributed by atoms with Crippen molar-refractivity contribution in [2.75, 3.05) is 0 Å². The molecule has 0 spiro atoms. The highest BCUT2D eigenvalue weighted by Crippen LogP contribution is 2.19. The molecule has 0 aliphatic heterocycles. The van der Waals surface area contributed by atoms with Gasteiger partial charge < -0.3 is 0 Å². The molecular formula is C13H12BrClN2O2S.